The van der Waals surface area contributed by atoms with Crippen molar-refractivity contribution in [1.82, 2.24) is 5.32 Å². The topological polar surface area (TPSA) is 58.2 Å². The first-order valence-electron chi connectivity index (χ1n) is 6.29. The van der Waals surface area contributed by atoms with Gasteiger partial charge in [-0.05, 0) is 24.6 Å². The van der Waals surface area contributed by atoms with Crippen LogP contribution in [0.1, 0.15) is 19.4 Å². The molecule has 0 fully saturated rings. The van der Waals surface area contributed by atoms with Crippen LogP contribution in [0.5, 0.6) is 0 Å². The van der Waals surface area contributed by atoms with E-state index in [1.165, 1.54) is 0 Å². The summed E-state index contributed by atoms with van der Waals surface area (Å²) in [7, 11) is 0. The maximum Gasteiger partial charge on any atom is 0.228 e. The van der Waals surface area contributed by atoms with Crippen LogP contribution in [-0.2, 0) is 16.0 Å². The molecule has 1 rings (SSSR count). The molecule has 1 aromatic carbocycles. The van der Waals surface area contributed by atoms with Gasteiger partial charge in [-0.1, -0.05) is 19.1 Å². The lowest BCUT2D eigenvalue weighted by atomic mass is 10.1. The first-order chi connectivity index (χ1) is 9.06. The second-order valence-electron chi connectivity index (χ2n) is 4.37. The van der Waals surface area contributed by atoms with Crippen molar-refractivity contribution in [3.8, 4) is 0 Å². The van der Waals surface area contributed by atoms with Crippen molar-refractivity contribution >= 4 is 29.1 Å². The van der Waals surface area contributed by atoms with Gasteiger partial charge >= 0.3 is 0 Å². The first-order valence-corrected chi connectivity index (χ1v) is 6.82. The van der Waals surface area contributed by atoms with Gasteiger partial charge in [0.15, 0.2) is 0 Å². The predicted octanol–water partition coefficient (Wildman–Crippen LogP) is 2.18. The number of anilines is 1. The van der Waals surface area contributed by atoms with E-state index in [0.717, 1.165) is 5.56 Å². The molecule has 0 aliphatic carbocycles. The minimum Gasteiger partial charge on any atom is -0.356 e. The lowest BCUT2D eigenvalue weighted by Crippen LogP contribution is -2.24. The molecular weight excluding hydrogens is 264 g/mol. The molecule has 5 heteroatoms. The molecule has 104 valence electrons. The van der Waals surface area contributed by atoms with Crippen LogP contribution < -0.4 is 10.6 Å². The lowest BCUT2D eigenvalue weighted by molar-refractivity contribution is -0.120. The van der Waals surface area contributed by atoms with Gasteiger partial charge in [0.05, 0.1) is 6.42 Å². The van der Waals surface area contributed by atoms with Crippen LogP contribution in [0.15, 0.2) is 24.3 Å². The molecule has 0 bridgehead atoms. The van der Waals surface area contributed by atoms with Crippen molar-refractivity contribution in [1.29, 1.82) is 0 Å². The van der Waals surface area contributed by atoms with Gasteiger partial charge in [0.1, 0.15) is 0 Å². The summed E-state index contributed by atoms with van der Waals surface area (Å²) in [6.07, 6.45) is 0.347. The van der Waals surface area contributed by atoms with Crippen molar-refractivity contribution in [2.75, 3.05) is 17.7 Å². The van der Waals surface area contributed by atoms with Gasteiger partial charge in [-0.15, -0.1) is 11.6 Å². The number of carbonyl (C=O) groups is 2. The molecule has 0 heterocycles. The van der Waals surface area contributed by atoms with Crippen LogP contribution in [-0.4, -0.2) is 24.2 Å². The minimum atomic E-state index is -0.225. The summed E-state index contributed by atoms with van der Waals surface area (Å²) in [4.78, 5) is 23.0. The number of rotatable bonds is 6. The molecule has 2 N–H and O–H groups in total. The van der Waals surface area contributed by atoms with E-state index < -0.39 is 0 Å². The van der Waals surface area contributed by atoms with Gasteiger partial charge in [0.25, 0.3) is 0 Å². The Kier molecular flexibility index (Phi) is 6.36. The Labute approximate surface area is 118 Å². The van der Waals surface area contributed by atoms with Gasteiger partial charge < -0.3 is 10.6 Å². The number of hydrogen-bond acceptors (Lipinski definition) is 2. The van der Waals surface area contributed by atoms with Gasteiger partial charge in [-0.2, -0.15) is 0 Å². The molecule has 19 heavy (non-hydrogen) atoms. The average molecular weight is 283 g/mol. The number of likely N-dealkylation sites (N-methyl/N-ethyl adjacent to an activating group) is 1. The summed E-state index contributed by atoms with van der Waals surface area (Å²) in [5.74, 6) is -0.0422. The maximum absolute atomic E-state index is 11.6. The van der Waals surface area contributed by atoms with Gasteiger partial charge in [-0.25, -0.2) is 0 Å². The molecule has 1 unspecified atom stereocenters. The van der Waals surface area contributed by atoms with Gasteiger partial charge in [0, 0.05) is 24.0 Å². The fraction of sp³-hybridized carbons (Fsp3) is 0.429. The highest BCUT2D eigenvalue weighted by Gasteiger charge is 2.11. The number of amides is 2. The van der Waals surface area contributed by atoms with Crippen molar-refractivity contribution in [2.45, 2.75) is 20.3 Å². The fourth-order valence-corrected chi connectivity index (χ4v) is 1.63. The van der Waals surface area contributed by atoms with Gasteiger partial charge in [-0.3, -0.25) is 9.59 Å². The molecule has 0 spiro atoms. The Balaban J connectivity index is 2.56. The Morgan fingerprint density at radius 1 is 1.26 bits per heavy atom. The van der Waals surface area contributed by atoms with E-state index in [0.29, 0.717) is 24.5 Å². The third kappa shape index (κ3) is 5.30. The van der Waals surface area contributed by atoms with E-state index in [4.69, 9.17) is 11.6 Å². The Morgan fingerprint density at radius 2 is 1.89 bits per heavy atom. The molecule has 1 atom stereocenters. The molecular formula is C14H19ClN2O2. The minimum absolute atomic E-state index is 0.00459. The van der Waals surface area contributed by atoms with Crippen LogP contribution in [0.4, 0.5) is 5.69 Å². The number of halogens is 1. The van der Waals surface area contributed by atoms with Crippen molar-refractivity contribution in [3.63, 3.8) is 0 Å². The zero-order valence-corrected chi connectivity index (χ0v) is 12.0. The number of nitrogens with one attached hydrogen (secondary N) is 2. The largest absolute Gasteiger partial charge is 0.356 e. The highest BCUT2D eigenvalue weighted by atomic mass is 35.5. The quantitative estimate of drug-likeness (QED) is 0.786. The molecule has 0 saturated heterocycles. The summed E-state index contributed by atoms with van der Waals surface area (Å²) in [6.45, 7) is 4.28. The SMILES string of the molecule is CCNC(=O)Cc1ccc(NC(=O)C(C)CCl)cc1. The van der Waals surface area contributed by atoms with Gasteiger partial charge in [0.2, 0.25) is 11.8 Å². The Hall–Kier alpha value is -1.55. The summed E-state index contributed by atoms with van der Waals surface area (Å²) in [5.41, 5.74) is 1.62. The molecule has 2 amide bonds. The maximum atomic E-state index is 11.6. The fourth-order valence-electron chi connectivity index (χ4n) is 1.49. The molecule has 1 aromatic rings. The molecule has 0 aromatic heterocycles. The third-order valence-electron chi connectivity index (χ3n) is 2.64. The van der Waals surface area contributed by atoms with E-state index in [-0.39, 0.29) is 17.7 Å². The molecule has 0 radical (unpaired) electrons. The Morgan fingerprint density at radius 3 is 2.42 bits per heavy atom. The van der Waals surface area contributed by atoms with E-state index in [1.807, 2.05) is 19.1 Å². The summed E-state index contributed by atoms with van der Waals surface area (Å²) < 4.78 is 0. The van der Waals surface area contributed by atoms with Crippen molar-refractivity contribution in [3.05, 3.63) is 29.8 Å². The molecule has 4 nitrogen and oxygen atoms in total. The summed E-state index contributed by atoms with van der Waals surface area (Å²) in [6, 6.07) is 7.23. The number of carbonyl (C=O) groups excluding carboxylic acids is 2. The molecule has 0 saturated carbocycles. The highest BCUT2D eigenvalue weighted by molar-refractivity contribution is 6.19. The monoisotopic (exact) mass is 282 g/mol. The van der Waals surface area contributed by atoms with E-state index in [2.05, 4.69) is 10.6 Å². The zero-order chi connectivity index (χ0) is 14.3. The normalized spacial score (nSPS) is 11.7. The number of benzene rings is 1. The second kappa shape index (κ2) is 7.79. The van der Waals surface area contributed by atoms with Crippen LogP contribution in [0.2, 0.25) is 0 Å². The van der Waals surface area contributed by atoms with Crippen molar-refractivity contribution in [2.24, 2.45) is 5.92 Å². The Bertz CT molecular complexity index is 432. The van der Waals surface area contributed by atoms with Crippen LogP contribution in [0.3, 0.4) is 0 Å². The van der Waals surface area contributed by atoms with Crippen LogP contribution >= 0.6 is 11.6 Å². The first kappa shape index (κ1) is 15.5. The van der Waals surface area contributed by atoms with E-state index >= 15 is 0 Å². The highest BCUT2D eigenvalue weighted by Crippen LogP contribution is 2.12. The standard InChI is InChI=1S/C14H19ClN2O2/c1-3-16-13(18)8-11-4-6-12(7-5-11)17-14(19)10(2)9-15/h4-7,10H,3,8-9H2,1-2H3,(H,16,18)(H,17,19). The lowest BCUT2D eigenvalue weighted by Gasteiger charge is -2.09. The van der Waals surface area contributed by atoms with E-state index in [9.17, 15) is 9.59 Å². The third-order valence-corrected chi connectivity index (χ3v) is 3.10. The average Bonchev–Trinajstić information content (AvgIpc) is 2.40. The number of hydrogen-bond donors (Lipinski definition) is 2. The molecule has 0 aliphatic rings. The smallest absolute Gasteiger partial charge is 0.228 e. The predicted molar refractivity (Wildman–Crippen MR) is 77.3 cm³/mol. The van der Waals surface area contributed by atoms with Crippen LogP contribution in [0, 0.1) is 5.92 Å². The number of alkyl halides is 1. The summed E-state index contributed by atoms with van der Waals surface area (Å²) in [5, 5.41) is 5.51. The second-order valence-corrected chi connectivity index (χ2v) is 4.68. The molecule has 0 aliphatic heterocycles. The zero-order valence-electron chi connectivity index (χ0n) is 11.2. The van der Waals surface area contributed by atoms with Crippen LogP contribution in [0.25, 0.3) is 0 Å². The van der Waals surface area contributed by atoms with Crippen molar-refractivity contribution < 1.29 is 9.59 Å². The van der Waals surface area contributed by atoms with E-state index in [1.54, 1.807) is 19.1 Å². The summed E-state index contributed by atoms with van der Waals surface area (Å²) >= 11 is 5.62.